The van der Waals surface area contributed by atoms with Crippen molar-refractivity contribution in [1.29, 1.82) is 0 Å². The van der Waals surface area contributed by atoms with E-state index in [1.54, 1.807) is 0 Å². The number of rotatable bonds is 5. The molecule has 0 aliphatic rings. The highest BCUT2D eigenvalue weighted by Crippen LogP contribution is 2.47. The second kappa shape index (κ2) is 12.8. The van der Waals surface area contributed by atoms with Crippen molar-refractivity contribution < 1.29 is 0 Å². The van der Waals surface area contributed by atoms with Gasteiger partial charge in [0.2, 0.25) is 0 Å². The van der Waals surface area contributed by atoms with Gasteiger partial charge in [-0.1, -0.05) is 166 Å². The smallest absolute Gasteiger partial charge is 0.0541 e. The van der Waals surface area contributed by atoms with E-state index in [2.05, 4.69) is 219 Å². The normalized spacial score (nSPS) is 12.1. The van der Waals surface area contributed by atoms with Crippen LogP contribution in [0.5, 0.6) is 0 Å². The van der Waals surface area contributed by atoms with Crippen molar-refractivity contribution in [3.63, 3.8) is 0 Å². The van der Waals surface area contributed by atoms with Gasteiger partial charge in [0.1, 0.15) is 0 Å². The average molecular weight is 728 g/mol. The van der Waals surface area contributed by atoms with Gasteiger partial charge in [0.05, 0.1) is 11.0 Å². The van der Waals surface area contributed by atoms with E-state index in [1.165, 1.54) is 104 Å². The Morgan fingerprint density at radius 2 is 0.825 bits per heavy atom. The minimum atomic E-state index is 0.0414. The van der Waals surface area contributed by atoms with Crippen LogP contribution >= 0.6 is 0 Å². The quantitative estimate of drug-likeness (QED) is 0.156. The summed E-state index contributed by atoms with van der Waals surface area (Å²) in [6.45, 7) is 6.93. The number of aromatic nitrogens is 1. The van der Waals surface area contributed by atoms with Gasteiger partial charge < -0.3 is 4.57 Å². The standard InChI is InChI=1S/C56H41N/c1-56(2,3)44-32-39-25-27-48-50(38-19-14-20-45(34-38)57-52-23-12-10-21-46(52)47-22-11-13-24-53(47)57)35-51(49-28-26-40(33-44)54(39)55(48)49)43-30-41(36-15-6-4-7-16-36)29-42(31-43)37-17-8-5-9-18-37/h4-35H,1-3H3. The Bertz CT molecular complexity index is 3180. The predicted octanol–water partition coefficient (Wildman–Crippen LogP) is 15.6. The zero-order valence-corrected chi connectivity index (χ0v) is 32.4. The molecule has 1 nitrogen and oxygen atoms in total. The first kappa shape index (κ1) is 33.4. The van der Waals surface area contributed by atoms with Crippen molar-refractivity contribution in [1.82, 2.24) is 4.57 Å². The van der Waals surface area contributed by atoms with Crippen molar-refractivity contribution >= 4 is 54.1 Å². The van der Waals surface area contributed by atoms with Crippen LogP contribution < -0.4 is 0 Å². The number of nitrogens with zero attached hydrogens (tertiary/aromatic N) is 1. The minimum absolute atomic E-state index is 0.0414. The highest BCUT2D eigenvalue weighted by molar-refractivity contribution is 6.28. The van der Waals surface area contributed by atoms with Gasteiger partial charge in [0, 0.05) is 16.5 Å². The molecule has 1 heteroatoms. The van der Waals surface area contributed by atoms with Gasteiger partial charge in [-0.2, -0.15) is 0 Å². The molecule has 0 fully saturated rings. The fraction of sp³-hybridized carbons (Fsp3) is 0.0714. The molecule has 0 amide bonds. The molecule has 0 radical (unpaired) electrons. The van der Waals surface area contributed by atoms with Crippen LogP contribution in [0.4, 0.5) is 0 Å². The molecule has 0 spiro atoms. The maximum Gasteiger partial charge on any atom is 0.0541 e. The Morgan fingerprint density at radius 3 is 1.39 bits per heavy atom. The molecule has 0 N–H and O–H groups in total. The lowest BCUT2D eigenvalue weighted by Gasteiger charge is -2.23. The molecule has 0 saturated heterocycles. The van der Waals surface area contributed by atoms with Crippen molar-refractivity contribution in [2.45, 2.75) is 26.2 Å². The van der Waals surface area contributed by atoms with Crippen molar-refractivity contribution in [3.8, 4) is 50.2 Å². The van der Waals surface area contributed by atoms with E-state index in [0.29, 0.717) is 0 Å². The van der Waals surface area contributed by atoms with Crippen LogP contribution in [0.1, 0.15) is 26.3 Å². The number of fused-ring (bicyclic) bond motifs is 3. The highest BCUT2D eigenvalue weighted by atomic mass is 15.0. The average Bonchev–Trinajstić information content (AvgIpc) is 3.60. The van der Waals surface area contributed by atoms with Gasteiger partial charge in [0.25, 0.3) is 0 Å². The molecule has 1 heterocycles. The molecule has 57 heavy (non-hydrogen) atoms. The van der Waals surface area contributed by atoms with E-state index in [4.69, 9.17) is 0 Å². The van der Waals surface area contributed by atoms with E-state index in [-0.39, 0.29) is 5.41 Å². The zero-order chi connectivity index (χ0) is 38.3. The number of hydrogen-bond donors (Lipinski definition) is 0. The zero-order valence-electron chi connectivity index (χ0n) is 32.4. The summed E-state index contributed by atoms with van der Waals surface area (Å²) < 4.78 is 2.43. The summed E-state index contributed by atoms with van der Waals surface area (Å²) in [6, 6.07) is 72.2. The summed E-state index contributed by atoms with van der Waals surface area (Å²) in [4.78, 5) is 0. The molecule has 11 aromatic rings. The first-order chi connectivity index (χ1) is 27.9. The van der Waals surface area contributed by atoms with Crippen LogP contribution in [0.25, 0.3) is 104 Å². The van der Waals surface area contributed by atoms with Crippen LogP contribution in [0.3, 0.4) is 0 Å². The third-order valence-electron chi connectivity index (χ3n) is 12.0. The van der Waals surface area contributed by atoms with Crippen LogP contribution in [-0.2, 0) is 5.41 Å². The molecule has 270 valence electrons. The maximum absolute atomic E-state index is 2.46. The summed E-state index contributed by atoms with van der Waals surface area (Å²) >= 11 is 0. The first-order valence-electron chi connectivity index (χ1n) is 20.0. The Hall–Kier alpha value is -6.96. The van der Waals surface area contributed by atoms with E-state index >= 15 is 0 Å². The van der Waals surface area contributed by atoms with Crippen molar-refractivity contribution in [3.05, 3.63) is 200 Å². The SMILES string of the molecule is CC(C)(C)c1cc2ccc3c(-c4cc(-c5ccccc5)cc(-c5ccccc5)c4)cc(-c4cccc(-n5c6ccccc6c6ccccc65)c4)c4ccc(c1)c2c34. The third kappa shape index (κ3) is 5.46. The summed E-state index contributed by atoms with van der Waals surface area (Å²) in [5.41, 5.74) is 14.7. The second-order valence-electron chi connectivity index (χ2n) is 16.6. The molecule has 11 rings (SSSR count). The fourth-order valence-electron chi connectivity index (χ4n) is 9.22. The molecule has 0 unspecified atom stereocenters. The van der Waals surface area contributed by atoms with Gasteiger partial charge in [-0.05, 0) is 136 Å². The molecule has 10 aromatic carbocycles. The van der Waals surface area contributed by atoms with E-state index in [9.17, 15) is 0 Å². The predicted molar refractivity (Wildman–Crippen MR) is 245 cm³/mol. The Kier molecular flexibility index (Phi) is 7.50. The molecule has 1 aromatic heterocycles. The van der Waals surface area contributed by atoms with E-state index in [0.717, 1.165) is 5.69 Å². The van der Waals surface area contributed by atoms with Crippen LogP contribution in [-0.4, -0.2) is 4.57 Å². The molecule has 0 saturated carbocycles. The van der Waals surface area contributed by atoms with Crippen molar-refractivity contribution in [2.24, 2.45) is 0 Å². The van der Waals surface area contributed by atoms with Crippen LogP contribution in [0.2, 0.25) is 0 Å². The Morgan fingerprint density at radius 1 is 0.333 bits per heavy atom. The number of hydrogen-bond acceptors (Lipinski definition) is 0. The third-order valence-corrected chi connectivity index (χ3v) is 12.0. The molecule has 0 aliphatic heterocycles. The number of para-hydroxylation sites is 2. The van der Waals surface area contributed by atoms with Gasteiger partial charge in [-0.3, -0.25) is 0 Å². The summed E-state index contributed by atoms with van der Waals surface area (Å²) in [7, 11) is 0. The van der Waals surface area contributed by atoms with E-state index < -0.39 is 0 Å². The lowest BCUT2D eigenvalue weighted by molar-refractivity contribution is 0.591. The van der Waals surface area contributed by atoms with Gasteiger partial charge in [-0.25, -0.2) is 0 Å². The Balaban J connectivity index is 1.22. The van der Waals surface area contributed by atoms with E-state index in [1.807, 2.05) is 0 Å². The van der Waals surface area contributed by atoms with Gasteiger partial charge in [-0.15, -0.1) is 0 Å². The fourth-order valence-corrected chi connectivity index (χ4v) is 9.22. The molecule has 0 atom stereocenters. The lowest BCUT2D eigenvalue weighted by atomic mass is 9.81. The molecular weight excluding hydrogens is 687 g/mol. The summed E-state index contributed by atoms with van der Waals surface area (Å²) in [5, 5.41) is 10.3. The second-order valence-corrected chi connectivity index (χ2v) is 16.6. The van der Waals surface area contributed by atoms with Crippen molar-refractivity contribution in [2.75, 3.05) is 0 Å². The van der Waals surface area contributed by atoms with Gasteiger partial charge in [0.15, 0.2) is 0 Å². The lowest BCUT2D eigenvalue weighted by Crippen LogP contribution is -2.10. The van der Waals surface area contributed by atoms with Crippen LogP contribution in [0.15, 0.2) is 194 Å². The molecule has 0 bridgehead atoms. The summed E-state index contributed by atoms with van der Waals surface area (Å²) in [5.74, 6) is 0. The van der Waals surface area contributed by atoms with Gasteiger partial charge >= 0.3 is 0 Å². The molecule has 0 aliphatic carbocycles. The Labute approximate surface area is 333 Å². The number of benzene rings is 10. The monoisotopic (exact) mass is 727 g/mol. The maximum atomic E-state index is 2.46. The minimum Gasteiger partial charge on any atom is -0.309 e. The van der Waals surface area contributed by atoms with Crippen LogP contribution in [0, 0.1) is 0 Å². The largest absolute Gasteiger partial charge is 0.309 e. The highest BCUT2D eigenvalue weighted by Gasteiger charge is 2.21. The topological polar surface area (TPSA) is 4.93 Å². The summed E-state index contributed by atoms with van der Waals surface area (Å²) in [6.07, 6.45) is 0. The first-order valence-corrected chi connectivity index (χ1v) is 20.0. The molecular formula is C56H41N.